The molecule has 6 heterocycles. The van der Waals surface area contributed by atoms with E-state index in [1.54, 1.807) is 23.7 Å². The number of aromatic nitrogens is 8. The number of pyridine rings is 2. The predicted octanol–water partition coefficient (Wildman–Crippen LogP) is 4.22. The molecule has 0 bridgehead atoms. The number of nitrogens with one attached hydrogen (secondary N) is 2. The summed E-state index contributed by atoms with van der Waals surface area (Å²) in [5.41, 5.74) is 4.91. The highest BCUT2D eigenvalue weighted by atomic mass is 32.1. The number of H-pyrrole nitrogens is 2. The standard InChI is InChI=1S/C20H11FN8S/c21-16-15-13(7-25-17(16)11-3-23-9-24-4-11)28-29-19(15)20-26-14-6-22-5-12(18(14)27-20)10-1-2-30-8-10/h1-9H,(H,26,27)(H,28,29). The fraction of sp³-hybridized carbons (Fsp3) is 0. The van der Waals surface area contributed by atoms with Gasteiger partial charge in [-0.1, -0.05) is 0 Å². The third-order valence-corrected chi connectivity index (χ3v) is 5.51. The van der Waals surface area contributed by atoms with Crippen LogP contribution in [0.1, 0.15) is 0 Å². The van der Waals surface area contributed by atoms with Crippen LogP contribution in [-0.2, 0) is 0 Å². The van der Waals surface area contributed by atoms with Gasteiger partial charge in [0, 0.05) is 29.7 Å². The highest BCUT2D eigenvalue weighted by molar-refractivity contribution is 7.08. The summed E-state index contributed by atoms with van der Waals surface area (Å²) >= 11 is 1.60. The van der Waals surface area contributed by atoms with Crippen molar-refractivity contribution in [1.29, 1.82) is 0 Å². The number of rotatable bonds is 3. The van der Waals surface area contributed by atoms with Crippen molar-refractivity contribution >= 4 is 33.3 Å². The average molecular weight is 414 g/mol. The van der Waals surface area contributed by atoms with Crippen molar-refractivity contribution in [2.75, 3.05) is 0 Å². The molecule has 0 amide bonds. The SMILES string of the molecule is Fc1c(-c2cncnc2)ncc2[nH]nc(-c3nc4c(-c5ccsc5)cncc4[nH]3)c12. The summed E-state index contributed by atoms with van der Waals surface area (Å²) in [7, 11) is 0. The highest BCUT2D eigenvalue weighted by Gasteiger charge is 2.21. The number of halogens is 1. The molecule has 0 saturated heterocycles. The maximum atomic E-state index is 15.5. The van der Waals surface area contributed by atoms with E-state index in [9.17, 15) is 0 Å². The number of aromatic amines is 2. The molecular formula is C20H11FN8S. The van der Waals surface area contributed by atoms with E-state index in [1.165, 1.54) is 24.9 Å². The number of imidazole rings is 1. The molecule has 2 N–H and O–H groups in total. The number of fused-ring (bicyclic) bond motifs is 2. The van der Waals surface area contributed by atoms with Crippen molar-refractivity contribution in [3.8, 4) is 33.9 Å². The fourth-order valence-corrected chi connectivity index (χ4v) is 4.10. The second kappa shape index (κ2) is 6.49. The second-order valence-corrected chi connectivity index (χ2v) is 7.37. The Labute approximate surface area is 171 Å². The average Bonchev–Trinajstić information content (AvgIpc) is 3.53. The first kappa shape index (κ1) is 16.9. The minimum Gasteiger partial charge on any atom is -0.335 e. The van der Waals surface area contributed by atoms with Gasteiger partial charge in [-0.3, -0.25) is 15.1 Å². The Balaban J connectivity index is 1.57. The highest BCUT2D eigenvalue weighted by Crippen LogP contribution is 2.34. The van der Waals surface area contributed by atoms with Gasteiger partial charge in [0.1, 0.15) is 23.2 Å². The molecule has 0 aromatic carbocycles. The Hall–Kier alpha value is -4.05. The van der Waals surface area contributed by atoms with Gasteiger partial charge in [0.25, 0.3) is 0 Å². The van der Waals surface area contributed by atoms with Gasteiger partial charge in [0.05, 0.1) is 28.8 Å². The molecule has 0 spiro atoms. The van der Waals surface area contributed by atoms with Gasteiger partial charge < -0.3 is 4.98 Å². The van der Waals surface area contributed by atoms with E-state index < -0.39 is 5.82 Å². The Morgan fingerprint density at radius 3 is 2.63 bits per heavy atom. The zero-order valence-corrected chi connectivity index (χ0v) is 16.0. The van der Waals surface area contributed by atoms with Gasteiger partial charge in [-0.25, -0.2) is 19.3 Å². The summed E-state index contributed by atoms with van der Waals surface area (Å²) in [6, 6.07) is 2.01. The summed E-state index contributed by atoms with van der Waals surface area (Å²) in [6.07, 6.45) is 9.43. The van der Waals surface area contributed by atoms with Crippen molar-refractivity contribution in [1.82, 2.24) is 40.1 Å². The Morgan fingerprint density at radius 1 is 0.900 bits per heavy atom. The minimum absolute atomic E-state index is 0.155. The molecule has 10 heteroatoms. The lowest BCUT2D eigenvalue weighted by molar-refractivity contribution is 0.638. The summed E-state index contributed by atoms with van der Waals surface area (Å²) in [5.74, 6) is -0.0659. The van der Waals surface area contributed by atoms with Crippen molar-refractivity contribution in [2.45, 2.75) is 0 Å². The molecule has 6 aromatic heterocycles. The molecule has 0 aliphatic rings. The quantitative estimate of drug-likeness (QED) is 0.449. The number of hydrogen-bond donors (Lipinski definition) is 2. The van der Waals surface area contributed by atoms with Crippen LogP contribution >= 0.6 is 11.3 Å². The molecule has 6 rings (SSSR count). The molecule has 0 unspecified atom stereocenters. The third kappa shape index (κ3) is 2.51. The van der Waals surface area contributed by atoms with Crippen LogP contribution in [0, 0.1) is 5.82 Å². The first-order chi connectivity index (χ1) is 14.8. The molecule has 0 radical (unpaired) electrons. The molecule has 0 saturated carbocycles. The van der Waals surface area contributed by atoms with Gasteiger partial charge in [-0.2, -0.15) is 16.4 Å². The van der Waals surface area contributed by atoms with Gasteiger partial charge in [0.2, 0.25) is 0 Å². The summed E-state index contributed by atoms with van der Waals surface area (Å²) in [6.45, 7) is 0. The lowest BCUT2D eigenvalue weighted by atomic mass is 10.1. The van der Waals surface area contributed by atoms with Crippen molar-refractivity contribution in [3.05, 3.63) is 60.0 Å². The fourth-order valence-electron chi connectivity index (χ4n) is 3.44. The van der Waals surface area contributed by atoms with Gasteiger partial charge >= 0.3 is 0 Å². The third-order valence-electron chi connectivity index (χ3n) is 4.83. The zero-order chi connectivity index (χ0) is 20.1. The van der Waals surface area contributed by atoms with E-state index >= 15 is 4.39 Å². The number of hydrogen-bond acceptors (Lipinski definition) is 7. The van der Waals surface area contributed by atoms with E-state index in [2.05, 4.69) is 35.1 Å². The maximum absolute atomic E-state index is 15.5. The van der Waals surface area contributed by atoms with Crippen LogP contribution in [0.2, 0.25) is 0 Å². The normalized spacial score (nSPS) is 11.5. The Kier molecular flexibility index (Phi) is 3.65. The van der Waals surface area contributed by atoms with E-state index in [1.807, 2.05) is 16.8 Å². The maximum Gasteiger partial charge on any atom is 0.161 e. The Bertz CT molecular complexity index is 1500. The zero-order valence-electron chi connectivity index (χ0n) is 15.2. The first-order valence-electron chi connectivity index (χ1n) is 8.94. The summed E-state index contributed by atoms with van der Waals surface area (Å²) < 4.78 is 15.5. The largest absolute Gasteiger partial charge is 0.335 e. The number of thiophene rings is 1. The summed E-state index contributed by atoms with van der Waals surface area (Å²) in [4.78, 5) is 24.3. The van der Waals surface area contributed by atoms with Crippen molar-refractivity contribution < 1.29 is 4.39 Å². The molecule has 30 heavy (non-hydrogen) atoms. The second-order valence-electron chi connectivity index (χ2n) is 6.59. The van der Waals surface area contributed by atoms with E-state index in [4.69, 9.17) is 4.98 Å². The van der Waals surface area contributed by atoms with Crippen molar-refractivity contribution in [3.63, 3.8) is 0 Å². The van der Waals surface area contributed by atoms with Crippen LogP contribution in [0.25, 0.3) is 55.8 Å². The molecule has 0 aliphatic heterocycles. The summed E-state index contributed by atoms with van der Waals surface area (Å²) in [5, 5.41) is 11.5. The molecule has 0 atom stereocenters. The van der Waals surface area contributed by atoms with Crippen LogP contribution in [0.3, 0.4) is 0 Å². The molecule has 0 aliphatic carbocycles. The predicted molar refractivity (Wildman–Crippen MR) is 111 cm³/mol. The molecule has 0 fully saturated rings. The Morgan fingerprint density at radius 2 is 1.80 bits per heavy atom. The smallest absolute Gasteiger partial charge is 0.161 e. The lowest BCUT2D eigenvalue weighted by Gasteiger charge is -2.03. The van der Waals surface area contributed by atoms with Gasteiger partial charge in [-0.05, 0) is 22.4 Å². The molecule has 8 nitrogen and oxygen atoms in total. The van der Waals surface area contributed by atoms with Crippen LogP contribution in [0.4, 0.5) is 4.39 Å². The van der Waals surface area contributed by atoms with Crippen LogP contribution in [-0.4, -0.2) is 40.1 Å². The van der Waals surface area contributed by atoms with Crippen LogP contribution in [0.15, 0.2) is 54.1 Å². The minimum atomic E-state index is -0.511. The van der Waals surface area contributed by atoms with E-state index in [0.29, 0.717) is 28.0 Å². The van der Waals surface area contributed by atoms with Crippen molar-refractivity contribution in [2.24, 2.45) is 0 Å². The monoisotopic (exact) mass is 414 g/mol. The van der Waals surface area contributed by atoms with Crippen LogP contribution in [0.5, 0.6) is 0 Å². The topological polar surface area (TPSA) is 109 Å². The first-order valence-corrected chi connectivity index (χ1v) is 9.88. The van der Waals surface area contributed by atoms with Gasteiger partial charge in [-0.15, -0.1) is 0 Å². The molecule has 6 aromatic rings. The lowest BCUT2D eigenvalue weighted by Crippen LogP contribution is -1.93. The molecule has 144 valence electrons. The van der Waals surface area contributed by atoms with Crippen LogP contribution < -0.4 is 0 Å². The van der Waals surface area contributed by atoms with E-state index in [-0.39, 0.29) is 5.69 Å². The van der Waals surface area contributed by atoms with E-state index in [0.717, 1.165) is 22.2 Å². The molecular weight excluding hydrogens is 403 g/mol. The van der Waals surface area contributed by atoms with Gasteiger partial charge in [0.15, 0.2) is 11.6 Å². The number of nitrogens with zero attached hydrogens (tertiary/aromatic N) is 6.